The zero-order chi connectivity index (χ0) is 16.3. The summed E-state index contributed by atoms with van der Waals surface area (Å²) < 4.78 is 0. The number of anilines is 1. The fourth-order valence-electron chi connectivity index (χ4n) is 1.84. The van der Waals surface area contributed by atoms with Gasteiger partial charge in [-0.1, -0.05) is 12.1 Å². The highest BCUT2D eigenvalue weighted by Crippen LogP contribution is 2.22. The summed E-state index contributed by atoms with van der Waals surface area (Å²) >= 11 is 0. The standard InChI is InChI=1S/C16H16N4O2/c1-10-8-13(21)19-20-14(10)11-4-6-12(7-5-11)18-15(22)16(2,3)9-17/h4-8H,1-3H3,(H,18,22)(H,19,21). The maximum Gasteiger partial charge on any atom is 0.264 e. The first-order valence-corrected chi connectivity index (χ1v) is 6.73. The van der Waals surface area contributed by atoms with Crippen LogP contribution in [0.4, 0.5) is 5.69 Å². The lowest BCUT2D eigenvalue weighted by Gasteiger charge is -2.15. The number of carbonyl (C=O) groups excluding carboxylic acids is 1. The van der Waals surface area contributed by atoms with E-state index in [1.54, 1.807) is 38.1 Å². The molecule has 6 heteroatoms. The molecular formula is C16H16N4O2. The van der Waals surface area contributed by atoms with Gasteiger partial charge >= 0.3 is 0 Å². The quantitative estimate of drug-likeness (QED) is 0.907. The van der Waals surface area contributed by atoms with Crippen molar-refractivity contribution >= 4 is 11.6 Å². The molecule has 2 N–H and O–H groups in total. The number of aryl methyl sites for hydroxylation is 1. The van der Waals surface area contributed by atoms with Gasteiger partial charge in [-0.15, -0.1) is 0 Å². The molecule has 1 heterocycles. The molecule has 2 rings (SSSR count). The van der Waals surface area contributed by atoms with E-state index in [1.807, 2.05) is 13.0 Å². The molecule has 0 fully saturated rings. The third kappa shape index (κ3) is 3.20. The van der Waals surface area contributed by atoms with E-state index in [2.05, 4.69) is 15.5 Å². The molecule has 112 valence electrons. The van der Waals surface area contributed by atoms with Gasteiger partial charge in [-0.05, 0) is 38.5 Å². The van der Waals surface area contributed by atoms with E-state index >= 15 is 0 Å². The Morgan fingerprint density at radius 2 is 1.95 bits per heavy atom. The average Bonchev–Trinajstić information content (AvgIpc) is 2.48. The first-order valence-electron chi connectivity index (χ1n) is 6.73. The van der Waals surface area contributed by atoms with Gasteiger partial charge in [-0.2, -0.15) is 10.4 Å². The summed E-state index contributed by atoms with van der Waals surface area (Å²) in [7, 11) is 0. The maximum atomic E-state index is 11.9. The molecule has 1 amide bonds. The van der Waals surface area contributed by atoms with Gasteiger partial charge in [0.1, 0.15) is 5.41 Å². The highest BCUT2D eigenvalue weighted by atomic mass is 16.2. The molecule has 0 aliphatic heterocycles. The third-order valence-electron chi connectivity index (χ3n) is 3.26. The molecule has 0 aliphatic rings. The molecule has 0 atom stereocenters. The lowest BCUT2D eigenvalue weighted by atomic mass is 9.94. The molecule has 0 aliphatic carbocycles. The zero-order valence-electron chi connectivity index (χ0n) is 12.6. The number of amides is 1. The second-order valence-electron chi connectivity index (χ2n) is 5.53. The van der Waals surface area contributed by atoms with Gasteiger partial charge in [0.05, 0.1) is 11.8 Å². The molecular weight excluding hydrogens is 280 g/mol. The summed E-state index contributed by atoms with van der Waals surface area (Å²) in [6, 6.07) is 10.5. The minimum absolute atomic E-state index is 0.246. The monoisotopic (exact) mass is 296 g/mol. The van der Waals surface area contributed by atoms with E-state index < -0.39 is 5.41 Å². The van der Waals surface area contributed by atoms with Crippen LogP contribution >= 0.6 is 0 Å². The van der Waals surface area contributed by atoms with E-state index in [-0.39, 0.29) is 11.5 Å². The van der Waals surface area contributed by atoms with Gasteiger partial charge in [0.25, 0.3) is 5.56 Å². The first-order chi connectivity index (χ1) is 10.3. The minimum Gasteiger partial charge on any atom is -0.325 e. The molecule has 0 saturated carbocycles. The van der Waals surface area contributed by atoms with Crippen LogP contribution < -0.4 is 10.9 Å². The van der Waals surface area contributed by atoms with Gasteiger partial charge in [0, 0.05) is 17.3 Å². The summed E-state index contributed by atoms with van der Waals surface area (Å²) in [5.74, 6) is -0.360. The number of nitriles is 1. The number of rotatable bonds is 3. The number of benzene rings is 1. The summed E-state index contributed by atoms with van der Waals surface area (Å²) in [6.07, 6.45) is 0. The normalized spacial score (nSPS) is 10.8. The number of hydrogen-bond donors (Lipinski definition) is 2. The molecule has 0 saturated heterocycles. The maximum absolute atomic E-state index is 11.9. The Hall–Kier alpha value is -2.94. The van der Waals surface area contributed by atoms with E-state index in [4.69, 9.17) is 5.26 Å². The SMILES string of the molecule is Cc1cc(=O)[nH]nc1-c1ccc(NC(=O)C(C)(C)C#N)cc1. The van der Waals surface area contributed by atoms with Crippen molar-refractivity contribution in [2.24, 2.45) is 5.41 Å². The lowest BCUT2D eigenvalue weighted by Crippen LogP contribution is -2.29. The minimum atomic E-state index is -1.09. The number of carbonyl (C=O) groups is 1. The van der Waals surface area contributed by atoms with Gasteiger partial charge < -0.3 is 5.32 Å². The van der Waals surface area contributed by atoms with Crippen molar-refractivity contribution in [1.82, 2.24) is 10.2 Å². The van der Waals surface area contributed by atoms with Crippen LogP contribution in [0, 0.1) is 23.7 Å². The Balaban J connectivity index is 2.23. The van der Waals surface area contributed by atoms with Crippen molar-refractivity contribution in [2.45, 2.75) is 20.8 Å². The molecule has 22 heavy (non-hydrogen) atoms. The third-order valence-corrected chi connectivity index (χ3v) is 3.26. The van der Waals surface area contributed by atoms with Crippen molar-refractivity contribution < 1.29 is 4.79 Å². The van der Waals surface area contributed by atoms with E-state index in [9.17, 15) is 9.59 Å². The Morgan fingerprint density at radius 1 is 1.32 bits per heavy atom. The van der Waals surface area contributed by atoms with Crippen molar-refractivity contribution in [3.05, 3.63) is 46.2 Å². The van der Waals surface area contributed by atoms with Gasteiger partial charge in [0.2, 0.25) is 5.91 Å². The number of aromatic nitrogens is 2. The van der Waals surface area contributed by atoms with Crippen LogP contribution in [0.3, 0.4) is 0 Å². The lowest BCUT2D eigenvalue weighted by molar-refractivity contribution is -0.121. The first kappa shape index (κ1) is 15.4. The van der Waals surface area contributed by atoms with Crippen molar-refractivity contribution in [1.29, 1.82) is 5.26 Å². The number of H-pyrrole nitrogens is 1. The fraction of sp³-hybridized carbons (Fsp3) is 0.250. The number of nitrogens with zero attached hydrogens (tertiary/aromatic N) is 2. The van der Waals surface area contributed by atoms with Crippen molar-refractivity contribution in [3.8, 4) is 17.3 Å². The van der Waals surface area contributed by atoms with Crippen LogP contribution in [0.5, 0.6) is 0 Å². The van der Waals surface area contributed by atoms with Crippen LogP contribution in [0.25, 0.3) is 11.3 Å². The van der Waals surface area contributed by atoms with Gasteiger partial charge in [0.15, 0.2) is 0 Å². The summed E-state index contributed by atoms with van der Waals surface area (Å²) in [4.78, 5) is 23.1. The molecule has 2 aromatic rings. The second kappa shape index (κ2) is 5.82. The molecule has 0 unspecified atom stereocenters. The zero-order valence-corrected chi connectivity index (χ0v) is 12.6. The Labute approximate surface area is 127 Å². The number of aromatic amines is 1. The summed E-state index contributed by atoms with van der Waals surface area (Å²) in [6.45, 7) is 4.93. The molecule has 0 bridgehead atoms. The fourth-order valence-corrected chi connectivity index (χ4v) is 1.84. The topological polar surface area (TPSA) is 98.6 Å². The highest BCUT2D eigenvalue weighted by Gasteiger charge is 2.27. The smallest absolute Gasteiger partial charge is 0.264 e. The van der Waals surface area contributed by atoms with Crippen LogP contribution in [0.2, 0.25) is 0 Å². The Morgan fingerprint density at radius 3 is 2.50 bits per heavy atom. The van der Waals surface area contributed by atoms with Gasteiger partial charge in [-0.25, -0.2) is 5.10 Å². The molecule has 0 spiro atoms. The van der Waals surface area contributed by atoms with Crippen LogP contribution in [0.15, 0.2) is 35.1 Å². The Kier molecular flexibility index (Phi) is 4.08. The molecule has 1 aromatic carbocycles. The molecule has 1 aromatic heterocycles. The second-order valence-corrected chi connectivity index (χ2v) is 5.53. The van der Waals surface area contributed by atoms with Gasteiger partial charge in [-0.3, -0.25) is 9.59 Å². The van der Waals surface area contributed by atoms with E-state index in [0.717, 1.165) is 11.1 Å². The molecule has 6 nitrogen and oxygen atoms in total. The number of hydrogen-bond acceptors (Lipinski definition) is 4. The number of nitrogens with one attached hydrogen (secondary N) is 2. The predicted octanol–water partition coefficient (Wildman–Crippen LogP) is 2.23. The summed E-state index contributed by atoms with van der Waals surface area (Å²) in [5, 5.41) is 18.1. The molecule has 0 radical (unpaired) electrons. The summed E-state index contributed by atoms with van der Waals surface area (Å²) in [5.41, 5.74) is 1.53. The van der Waals surface area contributed by atoms with Crippen LogP contribution in [-0.2, 0) is 4.79 Å². The van der Waals surface area contributed by atoms with Crippen molar-refractivity contribution in [3.63, 3.8) is 0 Å². The van der Waals surface area contributed by atoms with E-state index in [1.165, 1.54) is 6.07 Å². The predicted molar refractivity (Wildman–Crippen MR) is 83.1 cm³/mol. The Bertz CT molecular complexity index is 798. The van der Waals surface area contributed by atoms with Crippen LogP contribution in [0.1, 0.15) is 19.4 Å². The van der Waals surface area contributed by atoms with E-state index in [0.29, 0.717) is 11.4 Å². The largest absolute Gasteiger partial charge is 0.325 e. The van der Waals surface area contributed by atoms with Crippen LogP contribution in [-0.4, -0.2) is 16.1 Å². The highest BCUT2D eigenvalue weighted by molar-refractivity contribution is 5.96. The average molecular weight is 296 g/mol. The van der Waals surface area contributed by atoms with Crippen molar-refractivity contribution in [2.75, 3.05) is 5.32 Å².